The number of halogens is 1. The van der Waals surface area contributed by atoms with E-state index in [0.29, 0.717) is 52.0 Å². The Hall–Kier alpha value is -3.10. The second-order valence-corrected chi connectivity index (χ2v) is 9.45. The summed E-state index contributed by atoms with van der Waals surface area (Å²) in [5.41, 5.74) is 7.49. The summed E-state index contributed by atoms with van der Waals surface area (Å²) < 4.78 is 5.35. The van der Waals surface area contributed by atoms with Crippen molar-refractivity contribution in [3.05, 3.63) is 58.1 Å². The van der Waals surface area contributed by atoms with Crippen LogP contribution < -0.4 is 21.1 Å². The standard InChI is InChI=1S/C26H31ClN4O4/c1-35-23-15-21(28)20(27)14-19(23)24(32)30-22(16-9-11-29-12-10-16)8-4-5-13-31-25(33)17-6-2-3-7-18(17)26(31)34/h2-3,6-7,14-16,22,29H,4-5,8-13,28H2,1H3,(H,30,32). The minimum atomic E-state index is -0.257. The lowest BCUT2D eigenvalue weighted by molar-refractivity contribution is 0.0651. The van der Waals surface area contributed by atoms with Gasteiger partial charge in [0.05, 0.1) is 34.5 Å². The number of amides is 3. The van der Waals surface area contributed by atoms with Crippen LogP contribution in [-0.2, 0) is 0 Å². The highest BCUT2D eigenvalue weighted by atomic mass is 35.5. The van der Waals surface area contributed by atoms with Crippen LogP contribution >= 0.6 is 11.6 Å². The summed E-state index contributed by atoms with van der Waals surface area (Å²) in [6.45, 7) is 2.17. The Morgan fingerprint density at radius 3 is 2.46 bits per heavy atom. The van der Waals surface area contributed by atoms with Crippen molar-refractivity contribution in [2.75, 3.05) is 32.5 Å². The van der Waals surface area contributed by atoms with Gasteiger partial charge in [-0.15, -0.1) is 0 Å². The molecule has 2 aromatic rings. The van der Waals surface area contributed by atoms with Gasteiger partial charge in [-0.2, -0.15) is 0 Å². The minimum Gasteiger partial charge on any atom is -0.496 e. The van der Waals surface area contributed by atoms with Crippen LogP contribution in [0.5, 0.6) is 5.75 Å². The number of piperidine rings is 1. The molecule has 0 radical (unpaired) electrons. The van der Waals surface area contributed by atoms with Gasteiger partial charge in [-0.25, -0.2) is 0 Å². The van der Waals surface area contributed by atoms with Gasteiger partial charge in [-0.3, -0.25) is 19.3 Å². The minimum absolute atomic E-state index is 0.0483. The second kappa shape index (κ2) is 11.1. The van der Waals surface area contributed by atoms with Crippen LogP contribution in [0.1, 0.15) is 63.2 Å². The van der Waals surface area contributed by atoms with E-state index in [1.54, 1.807) is 30.3 Å². The van der Waals surface area contributed by atoms with Crippen LogP contribution in [0.3, 0.4) is 0 Å². The first-order valence-corrected chi connectivity index (χ1v) is 12.4. The lowest BCUT2D eigenvalue weighted by atomic mass is 9.87. The molecule has 0 aromatic heterocycles. The van der Waals surface area contributed by atoms with Crippen LogP contribution in [0.15, 0.2) is 36.4 Å². The maximum Gasteiger partial charge on any atom is 0.261 e. The van der Waals surface area contributed by atoms with Crippen LogP contribution in [0.25, 0.3) is 0 Å². The van der Waals surface area contributed by atoms with Crippen molar-refractivity contribution in [2.24, 2.45) is 5.92 Å². The zero-order valence-corrected chi connectivity index (χ0v) is 20.6. The van der Waals surface area contributed by atoms with E-state index in [2.05, 4.69) is 10.6 Å². The SMILES string of the molecule is COc1cc(N)c(Cl)cc1C(=O)NC(CCCCN1C(=O)c2ccccc2C1=O)C1CCNCC1. The van der Waals surface area contributed by atoms with E-state index >= 15 is 0 Å². The van der Waals surface area contributed by atoms with Crippen LogP contribution in [-0.4, -0.2) is 55.4 Å². The molecule has 1 unspecified atom stereocenters. The van der Waals surface area contributed by atoms with Crippen molar-refractivity contribution in [1.29, 1.82) is 0 Å². The third-order valence-corrected chi connectivity index (χ3v) is 7.19. The number of carbonyl (C=O) groups excluding carboxylic acids is 3. The second-order valence-electron chi connectivity index (χ2n) is 9.04. The number of nitrogen functional groups attached to an aromatic ring is 1. The number of ether oxygens (including phenoxy) is 1. The molecule has 9 heteroatoms. The number of anilines is 1. The number of carbonyl (C=O) groups is 3. The number of hydrogen-bond acceptors (Lipinski definition) is 6. The lowest BCUT2D eigenvalue weighted by Gasteiger charge is -2.32. The van der Waals surface area contributed by atoms with Crippen molar-refractivity contribution in [3.8, 4) is 5.75 Å². The van der Waals surface area contributed by atoms with Crippen molar-refractivity contribution in [3.63, 3.8) is 0 Å². The molecule has 1 fully saturated rings. The molecule has 4 N–H and O–H groups in total. The first-order valence-electron chi connectivity index (χ1n) is 12.0. The summed E-state index contributed by atoms with van der Waals surface area (Å²) in [6, 6.07) is 9.96. The van der Waals surface area contributed by atoms with E-state index in [4.69, 9.17) is 22.1 Å². The molecule has 2 aromatic carbocycles. The molecule has 2 aliphatic rings. The number of hydrogen-bond donors (Lipinski definition) is 3. The molecule has 1 atom stereocenters. The number of methoxy groups -OCH3 is 1. The van der Waals surface area contributed by atoms with Gasteiger partial charge in [0.2, 0.25) is 0 Å². The van der Waals surface area contributed by atoms with E-state index in [1.165, 1.54) is 18.1 Å². The largest absolute Gasteiger partial charge is 0.496 e. The molecular formula is C26H31ClN4O4. The number of imide groups is 1. The van der Waals surface area contributed by atoms with Crippen molar-refractivity contribution in [2.45, 2.75) is 38.1 Å². The quantitative estimate of drug-likeness (QED) is 0.277. The maximum absolute atomic E-state index is 13.2. The van der Waals surface area contributed by atoms with E-state index < -0.39 is 0 Å². The van der Waals surface area contributed by atoms with Gasteiger partial charge in [0.15, 0.2) is 0 Å². The molecule has 2 heterocycles. The molecule has 0 aliphatic carbocycles. The molecular weight excluding hydrogens is 468 g/mol. The van der Waals surface area contributed by atoms with E-state index in [0.717, 1.165) is 38.8 Å². The van der Waals surface area contributed by atoms with Crippen molar-refractivity contribution >= 4 is 35.0 Å². The van der Waals surface area contributed by atoms with Crippen LogP contribution in [0.2, 0.25) is 5.02 Å². The fraction of sp³-hybridized carbons (Fsp3) is 0.423. The Morgan fingerprint density at radius 2 is 1.83 bits per heavy atom. The molecule has 8 nitrogen and oxygen atoms in total. The first kappa shape index (κ1) is 25.0. The summed E-state index contributed by atoms with van der Waals surface area (Å²) in [5, 5.41) is 6.86. The molecule has 186 valence electrons. The van der Waals surface area contributed by atoms with Gasteiger partial charge in [-0.05, 0) is 69.3 Å². The number of benzene rings is 2. The normalized spacial score (nSPS) is 16.8. The van der Waals surface area contributed by atoms with Gasteiger partial charge in [-0.1, -0.05) is 23.7 Å². The van der Waals surface area contributed by atoms with Crippen molar-refractivity contribution < 1.29 is 19.1 Å². The fourth-order valence-corrected chi connectivity index (χ4v) is 5.07. The van der Waals surface area contributed by atoms with Crippen molar-refractivity contribution in [1.82, 2.24) is 15.5 Å². The Morgan fingerprint density at radius 1 is 1.17 bits per heavy atom. The molecule has 0 spiro atoms. The predicted octanol–water partition coefficient (Wildman–Crippen LogP) is 3.50. The maximum atomic E-state index is 13.2. The summed E-state index contributed by atoms with van der Waals surface area (Å²) in [7, 11) is 1.49. The number of nitrogens with one attached hydrogen (secondary N) is 2. The Bertz CT molecular complexity index is 1080. The highest BCUT2D eigenvalue weighted by Gasteiger charge is 2.34. The third kappa shape index (κ3) is 5.44. The molecule has 2 aliphatic heterocycles. The lowest BCUT2D eigenvalue weighted by Crippen LogP contribution is -2.44. The van der Waals surface area contributed by atoms with Crippen LogP contribution in [0, 0.1) is 5.92 Å². The van der Waals surface area contributed by atoms with Gasteiger partial charge in [0.1, 0.15) is 5.75 Å². The number of nitrogens with two attached hydrogens (primary N) is 1. The Balaban J connectivity index is 1.39. The zero-order chi connectivity index (χ0) is 24.9. The molecule has 4 rings (SSSR count). The Kier molecular flexibility index (Phi) is 7.93. The summed E-state index contributed by atoms with van der Waals surface area (Å²) >= 11 is 6.17. The molecule has 3 amide bonds. The molecule has 0 bridgehead atoms. The van der Waals surface area contributed by atoms with E-state index in [-0.39, 0.29) is 23.8 Å². The average molecular weight is 499 g/mol. The van der Waals surface area contributed by atoms with E-state index in [9.17, 15) is 14.4 Å². The smallest absolute Gasteiger partial charge is 0.261 e. The number of rotatable bonds is 9. The highest BCUT2D eigenvalue weighted by Crippen LogP contribution is 2.30. The first-order chi connectivity index (χ1) is 16.9. The predicted molar refractivity (Wildman–Crippen MR) is 135 cm³/mol. The molecule has 1 saturated heterocycles. The number of nitrogens with zero attached hydrogens (tertiary/aromatic N) is 1. The van der Waals surface area contributed by atoms with Gasteiger partial charge in [0, 0.05) is 18.7 Å². The average Bonchev–Trinajstić information content (AvgIpc) is 3.12. The topological polar surface area (TPSA) is 114 Å². The van der Waals surface area contributed by atoms with Crippen LogP contribution in [0.4, 0.5) is 5.69 Å². The Labute approximate surface area is 210 Å². The summed E-state index contributed by atoms with van der Waals surface area (Å²) in [4.78, 5) is 39.7. The highest BCUT2D eigenvalue weighted by molar-refractivity contribution is 6.33. The van der Waals surface area contributed by atoms with Gasteiger partial charge < -0.3 is 21.1 Å². The summed E-state index contributed by atoms with van der Waals surface area (Å²) in [5.74, 6) is -0.0243. The fourth-order valence-electron chi connectivity index (χ4n) is 4.91. The molecule has 0 saturated carbocycles. The van der Waals surface area contributed by atoms with Gasteiger partial charge in [0.25, 0.3) is 17.7 Å². The van der Waals surface area contributed by atoms with Gasteiger partial charge >= 0.3 is 0 Å². The monoisotopic (exact) mass is 498 g/mol. The number of unbranched alkanes of at least 4 members (excludes halogenated alkanes) is 1. The number of fused-ring (bicyclic) bond motifs is 1. The molecule has 35 heavy (non-hydrogen) atoms. The zero-order valence-electron chi connectivity index (χ0n) is 19.8. The van der Waals surface area contributed by atoms with E-state index in [1.807, 2.05) is 0 Å². The summed E-state index contributed by atoms with van der Waals surface area (Å²) in [6.07, 6.45) is 4.10. The third-order valence-electron chi connectivity index (χ3n) is 6.86.